The number of allylic oxidation sites excluding steroid dienone is 4. The number of aliphatic hydroxyl groups is 1. The summed E-state index contributed by atoms with van der Waals surface area (Å²) in [4.78, 5) is 28.1. The number of aromatic nitrogens is 1. The molecule has 1 aromatic carbocycles. The number of rotatable bonds is 4. The number of carbonyl (C=O) groups excluding carboxylic acids is 2. The second-order valence-electron chi connectivity index (χ2n) is 12.8. The van der Waals surface area contributed by atoms with Gasteiger partial charge < -0.3 is 9.84 Å². The van der Waals surface area contributed by atoms with E-state index in [4.69, 9.17) is 4.74 Å². The monoisotopic (exact) mass is 640 g/mol. The molecule has 2 fully saturated rings. The zero-order valence-electron chi connectivity index (χ0n) is 25.1. The number of alkyl halides is 5. The number of fused-ring (bicyclic) bond motifs is 4. The maximum Gasteiger partial charge on any atom is 0.456 e. The number of nitrogens with one attached hydrogen (secondary N) is 1. The number of hydrogen-bond acceptors (Lipinski definition) is 5. The summed E-state index contributed by atoms with van der Waals surface area (Å²) in [6.07, 6.45) is -0.734. The fraction of sp³-hybridized carbons (Fsp3) is 0.457. The molecule has 4 aliphatic rings. The summed E-state index contributed by atoms with van der Waals surface area (Å²) in [5, 5.41) is 13.9. The summed E-state index contributed by atoms with van der Waals surface area (Å²) in [6.45, 7) is 1.22. The first kappa shape index (κ1) is 31.9. The van der Waals surface area contributed by atoms with Gasteiger partial charge in [-0.3, -0.25) is 15.1 Å². The van der Waals surface area contributed by atoms with E-state index in [9.17, 15) is 27.9 Å². The van der Waals surface area contributed by atoms with Gasteiger partial charge in [-0.25, -0.2) is 4.79 Å². The first-order valence-corrected chi connectivity index (χ1v) is 15.3. The third-order valence-corrected chi connectivity index (χ3v) is 10.5. The molecule has 0 saturated heterocycles. The van der Waals surface area contributed by atoms with Crippen LogP contribution in [-0.2, 0) is 9.53 Å². The Hall–Kier alpha value is -4.04. The molecule has 2 saturated carbocycles. The summed E-state index contributed by atoms with van der Waals surface area (Å²) in [6, 6.07) is 10.3. The fourth-order valence-corrected chi connectivity index (χ4v) is 8.34. The van der Waals surface area contributed by atoms with Crippen LogP contribution in [0.1, 0.15) is 68.9 Å². The Bertz CT molecular complexity index is 1660. The zero-order valence-corrected chi connectivity index (χ0v) is 25.1. The molecule has 6 nitrogen and oxygen atoms in total. The van der Waals surface area contributed by atoms with Crippen LogP contribution in [0.15, 0.2) is 71.6 Å². The molecule has 1 heterocycles. The molecule has 0 bridgehead atoms. The highest BCUT2D eigenvalue weighted by Gasteiger charge is 2.79. The molecule has 1 amide bonds. The van der Waals surface area contributed by atoms with E-state index in [1.807, 2.05) is 0 Å². The van der Waals surface area contributed by atoms with Gasteiger partial charge in [-0.1, -0.05) is 36.5 Å². The van der Waals surface area contributed by atoms with Gasteiger partial charge in [0.2, 0.25) is 0 Å². The first-order chi connectivity index (χ1) is 21.7. The molecule has 0 spiro atoms. The standard InChI is InChI=1S/C35H33F5N2O4/c1-32-19-28(22-8-6-21(7-9-22)4-3-17-46-31(44)42-24-5-2-16-41-20-24)30-26-13-11-25(43)18-23(26)10-12-27(30)29(32)14-15-33(32,45)34(36,37)35(38,39)40/h2,5-9,16,18,20,27-29,45H,10-15,17,19H2,1H3,(H,42,44)/t27-,28+,29-,32-,33-/m0/s1. The Balaban J connectivity index is 1.29. The number of hydrogen-bond donors (Lipinski definition) is 2. The lowest BCUT2D eigenvalue weighted by molar-refractivity contribution is -0.362. The molecule has 0 radical (unpaired) electrons. The SMILES string of the molecule is C[C@]12C[C@H](c3ccc(C#CCOC(=O)Nc4cccnc4)cc3)C3=C4CCC(=O)C=C4CC[C@H]3[C@@H]1CC[C@@]2(O)C(F)(F)C(F)(F)F. The van der Waals surface area contributed by atoms with Gasteiger partial charge in [0.1, 0.15) is 5.60 Å². The van der Waals surface area contributed by atoms with Crippen molar-refractivity contribution in [3.8, 4) is 11.8 Å². The largest absolute Gasteiger partial charge is 0.456 e. The average molecular weight is 641 g/mol. The summed E-state index contributed by atoms with van der Waals surface area (Å²) < 4.78 is 76.8. The van der Waals surface area contributed by atoms with Crippen molar-refractivity contribution in [3.63, 3.8) is 0 Å². The number of benzene rings is 1. The second kappa shape index (κ2) is 11.6. The van der Waals surface area contributed by atoms with Crippen LogP contribution < -0.4 is 5.32 Å². The smallest absolute Gasteiger partial charge is 0.436 e. The van der Waals surface area contributed by atoms with Gasteiger partial charge in [-0.2, -0.15) is 22.0 Å². The van der Waals surface area contributed by atoms with E-state index in [2.05, 4.69) is 22.1 Å². The third kappa shape index (κ3) is 5.30. The molecule has 0 unspecified atom stereocenters. The Morgan fingerprint density at radius 1 is 1.11 bits per heavy atom. The molecule has 11 heteroatoms. The number of halogens is 5. The molecular formula is C35H33F5N2O4. The Kier molecular flexibility index (Phi) is 8.08. The predicted molar refractivity (Wildman–Crippen MR) is 159 cm³/mol. The van der Waals surface area contributed by atoms with Crippen LogP contribution in [0.2, 0.25) is 0 Å². The molecule has 4 aliphatic carbocycles. The van der Waals surface area contributed by atoms with E-state index in [0.29, 0.717) is 42.5 Å². The molecule has 6 rings (SSSR count). The highest BCUT2D eigenvalue weighted by molar-refractivity contribution is 5.93. The van der Waals surface area contributed by atoms with Crippen molar-refractivity contribution in [3.05, 3.63) is 82.7 Å². The Morgan fingerprint density at radius 3 is 2.57 bits per heavy atom. The molecule has 1 aromatic heterocycles. The van der Waals surface area contributed by atoms with Crippen LogP contribution in [0.3, 0.4) is 0 Å². The van der Waals surface area contributed by atoms with E-state index in [1.165, 1.54) is 13.1 Å². The zero-order chi connectivity index (χ0) is 32.9. The van der Waals surface area contributed by atoms with Gasteiger partial charge in [0.05, 0.1) is 11.9 Å². The normalized spacial score (nSPS) is 29.1. The lowest BCUT2D eigenvalue weighted by Crippen LogP contribution is -2.65. The predicted octanol–water partition coefficient (Wildman–Crippen LogP) is 7.51. The number of ether oxygens (including phenoxy) is 1. The van der Waals surface area contributed by atoms with Gasteiger partial charge >= 0.3 is 18.2 Å². The Labute approximate surface area is 263 Å². The van der Waals surface area contributed by atoms with E-state index in [1.54, 1.807) is 48.7 Å². The van der Waals surface area contributed by atoms with Gasteiger partial charge in [0.25, 0.3) is 0 Å². The number of pyridine rings is 1. The lowest BCUT2D eigenvalue weighted by Gasteiger charge is -2.56. The molecule has 242 valence electrons. The van der Waals surface area contributed by atoms with Crippen LogP contribution >= 0.6 is 0 Å². The Morgan fingerprint density at radius 2 is 1.87 bits per heavy atom. The summed E-state index contributed by atoms with van der Waals surface area (Å²) in [5.74, 6) is -0.990. The highest BCUT2D eigenvalue weighted by Crippen LogP contribution is 2.70. The summed E-state index contributed by atoms with van der Waals surface area (Å²) in [5.41, 5.74) is -0.287. The highest BCUT2D eigenvalue weighted by atomic mass is 19.4. The van der Waals surface area contributed by atoms with Gasteiger partial charge in [-0.15, -0.1) is 0 Å². The quantitative estimate of drug-likeness (QED) is 0.267. The maximum absolute atomic E-state index is 15.2. The van der Waals surface area contributed by atoms with Crippen LogP contribution in [0.25, 0.3) is 0 Å². The minimum atomic E-state index is -5.90. The van der Waals surface area contributed by atoms with E-state index >= 15 is 8.78 Å². The molecule has 46 heavy (non-hydrogen) atoms. The van der Waals surface area contributed by atoms with Crippen molar-refractivity contribution in [2.75, 3.05) is 11.9 Å². The van der Waals surface area contributed by atoms with Crippen molar-refractivity contribution >= 4 is 17.6 Å². The molecule has 2 aromatic rings. The minimum Gasteiger partial charge on any atom is -0.436 e. The summed E-state index contributed by atoms with van der Waals surface area (Å²) in [7, 11) is 0. The first-order valence-electron chi connectivity index (χ1n) is 15.3. The number of carbonyl (C=O) groups is 2. The second-order valence-corrected chi connectivity index (χ2v) is 12.8. The third-order valence-electron chi connectivity index (χ3n) is 10.5. The summed E-state index contributed by atoms with van der Waals surface area (Å²) >= 11 is 0. The number of nitrogens with zero attached hydrogens (tertiary/aromatic N) is 1. The van der Waals surface area contributed by atoms with Crippen LogP contribution in [-0.4, -0.2) is 46.3 Å². The molecule has 2 N–H and O–H groups in total. The molecule has 5 atom stereocenters. The number of amides is 1. The van der Waals surface area contributed by atoms with Crippen LogP contribution in [0, 0.1) is 29.1 Å². The molecule has 0 aliphatic heterocycles. The van der Waals surface area contributed by atoms with Crippen molar-refractivity contribution < 1.29 is 41.4 Å². The average Bonchev–Trinajstić information content (AvgIpc) is 3.30. The molecular weight excluding hydrogens is 607 g/mol. The number of ketones is 1. The van der Waals surface area contributed by atoms with E-state index < -0.39 is 47.5 Å². The van der Waals surface area contributed by atoms with E-state index in [0.717, 1.165) is 16.7 Å². The minimum absolute atomic E-state index is 0.0246. The van der Waals surface area contributed by atoms with Crippen molar-refractivity contribution in [2.45, 2.75) is 75.5 Å². The van der Waals surface area contributed by atoms with Crippen molar-refractivity contribution in [2.24, 2.45) is 17.3 Å². The van der Waals surface area contributed by atoms with Crippen LogP contribution in [0.4, 0.5) is 32.4 Å². The van der Waals surface area contributed by atoms with Crippen LogP contribution in [0.5, 0.6) is 0 Å². The van der Waals surface area contributed by atoms with Gasteiger partial charge in [-0.05, 0) is 97.4 Å². The van der Waals surface area contributed by atoms with Gasteiger partial charge in [0, 0.05) is 29.5 Å². The van der Waals surface area contributed by atoms with Crippen molar-refractivity contribution in [1.29, 1.82) is 0 Å². The maximum atomic E-state index is 15.2. The number of anilines is 1. The lowest BCUT2D eigenvalue weighted by atomic mass is 9.50. The van der Waals surface area contributed by atoms with Gasteiger partial charge in [0.15, 0.2) is 12.4 Å². The topological polar surface area (TPSA) is 88.5 Å². The van der Waals surface area contributed by atoms with Crippen molar-refractivity contribution in [1.82, 2.24) is 4.98 Å². The van der Waals surface area contributed by atoms with E-state index in [-0.39, 0.29) is 31.1 Å². The fourth-order valence-electron chi connectivity index (χ4n) is 8.34.